The Labute approximate surface area is 125 Å². The van der Waals surface area contributed by atoms with Crippen LogP contribution in [-0.4, -0.2) is 18.8 Å². The van der Waals surface area contributed by atoms with Crippen LogP contribution < -0.4 is 14.8 Å². The zero-order chi connectivity index (χ0) is 15.1. The zero-order valence-corrected chi connectivity index (χ0v) is 12.4. The maximum absolute atomic E-state index is 9.32. The molecule has 0 radical (unpaired) electrons. The summed E-state index contributed by atoms with van der Waals surface area (Å²) in [6, 6.07) is 13.7. The molecule has 0 spiro atoms. The molecule has 0 heterocycles. The van der Waals surface area contributed by atoms with E-state index in [0.717, 1.165) is 17.0 Å². The van der Waals surface area contributed by atoms with Gasteiger partial charge in [0, 0.05) is 17.8 Å². The molecule has 2 rings (SSSR count). The van der Waals surface area contributed by atoms with Crippen LogP contribution in [0, 0.1) is 0 Å². The zero-order valence-electron chi connectivity index (χ0n) is 12.4. The van der Waals surface area contributed by atoms with Crippen LogP contribution >= 0.6 is 0 Å². The number of aliphatic hydroxyl groups is 1. The van der Waals surface area contributed by atoms with Crippen molar-refractivity contribution in [1.29, 1.82) is 0 Å². The van der Waals surface area contributed by atoms with Crippen molar-refractivity contribution < 1.29 is 14.6 Å². The lowest BCUT2D eigenvalue weighted by atomic mass is 10.1. The molecule has 0 atom stereocenters. The van der Waals surface area contributed by atoms with E-state index in [-0.39, 0.29) is 6.61 Å². The van der Waals surface area contributed by atoms with E-state index < -0.39 is 0 Å². The van der Waals surface area contributed by atoms with Crippen LogP contribution in [0.3, 0.4) is 0 Å². The summed E-state index contributed by atoms with van der Waals surface area (Å²) in [4.78, 5) is 0. The van der Waals surface area contributed by atoms with Gasteiger partial charge in [0.15, 0.2) is 0 Å². The molecular formula is C17H21NO3. The first-order valence-electron chi connectivity index (χ1n) is 7.00. The van der Waals surface area contributed by atoms with E-state index in [1.54, 1.807) is 7.11 Å². The average molecular weight is 287 g/mol. The fourth-order valence-electron chi connectivity index (χ4n) is 2.09. The Kier molecular flexibility index (Phi) is 5.46. The molecule has 0 aliphatic rings. The standard InChI is InChI=1S/C17H21NO3/c1-3-21-16-7-4-13(5-8-16)11-18-15-6-9-17(20-2)14(10-15)12-19/h4-10,18-19H,3,11-12H2,1-2H3. The van der Waals surface area contributed by atoms with E-state index in [2.05, 4.69) is 5.32 Å². The first-order valence-corrected chi connectivity index (χ1v) is 7.00. The maximum atomic E-state index is 9.32. The minimum atomic E-state index is -0.0399. The molecule has 2 aromatic rings. The van der Waals surface area contributed by atoms with Crippen molar-refractivity contribution in [3.8, 4) is 11.5 Å². The summed E-state index contributed by atoms with van der Waals surface area (Å²) in [7, 11) is 1.60. The van der Waals surface area contributed by atoms with E-state index in [1.807, 2.05) is 49.4 Å². The van der Waals surface area contributed by atoms with Crippen LogP contribution in [0.15, 0.2) is 42.5 Å². The van der Waals surface area contributed by atoms with Gasteiger partial charge in [0.2, 0.25) is 0 Å². The molecule has 112 valence electrons. The lowest BCUT2D eigenvalue weighted by Gasteiger charge is -2.11. The highest BCUT2D eigenvalue weighted by molar-refractivity contribution is 5.51. The Bertz CT molecular complexity index is 567. The van der Waals surface area contributed by atoms with Crippen molar-refractivity contribution in [2.24, 2.45) is 0 Å². The lowest BCUT2D eigenvalue weighted by molar-refractivity contribution is 0.274. The third-order valence-corrected chi connectivity index (χ3v) is 3.18. The van der Waals surface area contributed by atoms with Crippen LogP contribution in [0.4, 0.5) is 5.69 Å². The van der Waals surface area contributed by atoms with Crippen molar-refractivity contribution in [3.05, 3.63) is 53.6 Å². The van der Waals surface area contributed by atoms with Gasteiger partial charge < -0.3 is 19.9 Å². The van der Waals surface area contributed by atoms with Gasteiger partial charge in [0.1, 0.15) is 11.5 Å². The second-order valence-corrected chi connectivity index (χ2v) is 4.62. The largest absolute Gasteiger partial charge is 0.496 e. The average Bonchev–Trinajstić information content (AvgIpc) is 2.54. The van der Waals surface area contributed by atoms with Crippen LogP contribution in [0.25, 0.3) is 0 Å². The number of hydrogen-bond donors (Lipinski definition) is 2. The Morgan fingerprint density at radius 1 is 1.10 bits per heavy atom. The molecule has 2 N–H and O–H groups in total. The molecule has 0 saturated carbocycles. The van der Waals surface area contributed by atoms with Gasteiger partial charge in [-0.1, -0.05) is 12.1 Å². The Balaban J connectivity index is 1.99. The van der Waals surface area contributed by atoms with E-state index in [1.165, 1.54) is 5.56 Å². The van der Waals surface area contributed by atoms with Crippen molar-refractivity contribution in [1.82, 2.24) is 0 Å². The minimum absolute atomic E-state index is 0.0399. The molecule has 0 aromatic heterocycles. The highest BCUT2D eigenvalue weighted by atomic mass is 16.5. The minimum Gasteiger partial charge on any atom is -0.496 e. The van der Waals surface area contributed by atoms with Crippen molar-refractivity contribution >= 4 is 5.69 Å². The summed E-state index contributed by atoms with van der Waals surface area (Å²) >= 11 is 0. The molecule has 21 heavy (non-hydrogen) atoms. The molecule has 0 saturated heterocycles. The lowest BCUT2D eigenvalue weighted by Crippen LogP contribution is -2.01. The molecule has 0 amide bonds. The highest BCUT2D eigenvalue weighted by Crippen LogP contribution is 2.23. The predicted octanol–water partition coefficient (Wildman–Crippen LogP) is 3.20. The van der Waals surface area contributed by atoms with Gasteiger partial charge in [-0.3, -0.25) is 0 Å². The molecule has 0 bridgehead atoms. The van der Waals surface area contributed by atoms with Gasteiger partial charge in [-0.05, 0) is 42.8 Å². The van der Waals surface area contributed by atoms with E-state index >= 15 is 0 Å². The van der Waals surface area contributed by atoms with E-state index in [4.69, 9.17) is 9.47 Å². The number of rotatable bonds is 7. The summed E-state index contributed by atoms with van der Waals surface area (Å²) in [5.41, 5.74) is 2.89. The molecule has 2 aromatic carbocycles. The SMILES string of the molecule is CCOc1ccc(CNc2ccc(OC)c(CO)c2)cc1. The second-order valence-electron chi connectivity index (χ2n) is 4.62. The van der Waals surface area contributed by atoms with Crippen LogP contribution in [0.1, 0.15) is 18.1 Å². The number of methoxy groups -OCH3 is 1. The number of hydrogen-bond acceptors (Lipinski definition) is 4. The van der Waals surface area contributed by atoms with E-state index in [0.29, 0.717) is 18.9 Å². The van der Waals surface area contributed by atoms with E-state index in [9.17, 15) is 5.11 Å². The fourth-order valence-corrected chi connectivity index (χ4v) is 2.09. The Morgan fingerprint density at radius 2 is 1.86 bits per heavy atom. The molecule has 0 unspecified atom stereocenters. The number of ether oxygens (including phenoxy) is 2. The first kappa shape index (κ1) is 15.2. The molecule has 4 heteroatoms. The molecule has 4 nitrogen and oxygen atoms in total. The summed E-state index contributed by atoms with van der Waals surface area (Å²) in [6.45, 7) is 3.32. The van der Waals surface area contributed by atoms with Crippen LogP contribution in [0.5, 0.6) is 11.5 Å². The normalized spacial score (nSPS) is 10.2. The highest BCUT2D eigenvalue weighted by Gasteiger charge is 2.03. The van der Waals surface area contributed by atoms with Crippen LogP contribution in [0.2, 0.25) is 0 Å². The third-order valence-electron chi connectivity index (χ3n) is 3.18. The Hall–Kier alpha value is -2.20. The van der Waals surface area contributed by atoms with Crippen LogP contribution in [-0.2, 0) is 13.2 Å². The van der Waals surface area contributed by atoms with Gasteiger partial charge in [-0.2, -0.15) is 0 Å². The number of aliphatic hydroxyl groups excluding tert-OH is 1. The van der Waals surface area contributed by atoms with Crippen molar-refractivity contribution in [3.63, 3.8) is 0 Å². The van der Waals surface area contributed by atoms with Gasteiger partial charge >= 0.3 is 0 Å². The molecular weight excluding hydrogens is 266 g/mol. The quantitative estimate of drug-likeness (QED) is 0.821. The third kappa shape index (κ3) is 4.13. The summed E-state index contributed by atoms with van der Waals surface area (Å²) in [6.07, 6.45) is 0. The number of benzene rings is 2. The number of anilines is 1. The number of nitrogens with one attached hydrogen (secondary N) is 1. The van der Waals surface area contributed by atoms with Gasteiger partial charge in [-0.25, -0.2) is 0 Å². The van der Waals surface area contributed by atoms with Gasteiger partial charge in [0.25, 0.3) is 0 Å². The molecule has 0 aliphatic carbocycles. The van der Waals surface area contributed by atoms with Crippen molar-refractivity contribution in [2.45, 2.75) is 20.1 Å². The molecule has 0 fully saturated rings. The second kappa shape index (κ2) is 7.55. The predicted molar refractivity (Wildman–Crippen MR) is 83.9 cm³/mol. The topological polar surface area (TPSA) is 50.7 Å². The fraction of sp³-hybridized carbons (Fsp3) is 0.294. The van der Waals surface area contributed by atoms with Gasteiger partial charge in [0.05, 0.1) is 20.3 Å². The smallest absolute Gasteiger partial charge is 0.124 e. The van der Waals surface area contributed by atoms with Gasteiger partial charge in [-0.15, -0.1) is 0 Å². The Morgan fingerprint density at radius 3 is 2.48 bits per heavy atom. The first-order chi connectivity index (χ1) is 10.3. The summed E-state index contributed by atoms with van der Waals surface area (Å²) < 4.78 is 10.6. The maximum Gasteiger partial charge on any atom is 0.124 e. The molecule has 0 aliphatic heterocycles. The summed E-state index contributed by atoms with van der Waals surface area (Å²) in [5.74, 6) is 1.58. The monoisotopic (exact) mass is 287 g/mol. The van der Waals surface area contributed by atoms with Crippen molar-refractivity contribution in [2.75, 3.05) is 19.0 Å². The summed E-state index contributed by atoms with van der Waals surface area (Å²) in [5, 5.41) is 12.6.